The first-order valence-corrected chi connectivity index (χ1v) is 8.46. The molecule has 25 heavy (non-hydrogen) atoms. The van der Waals surface area contributed by atoms with Crippen molar-refractivity contribution in [2.45, 2.75) is 18.9 Å². The van der Waals surface area contributed by atoms with Gasteiger partial charge in [-0.3, -0.25) is 4.79 Å². The SMILES string of the molecule is COc1ccc(C(=O)N2CCC(N(C)c3ncc(Cl)cn3)CC2)cn1. The van der Waals surface area contributed by atoms with Gasteiger partial charge in [-0.25, -0.2) is 15.0 Å². The van der Waals surface area contributed by atoms with Gasteiger partial charge < -0.3 is 14.5 Å². The number of aromatic nitrogens is 3. The molecule has 0 unspecified atom stereocenters. The Kier molecular flexibility index (Phi) is 5.33. The number of ether oxygens (including phenoxy) is 1. The molecule has 7 nitrogen and oxygen atoms in total. The molecule has 1 amide bonds. The Morgan fingerprint density at radius 3 is 2.44 bits per heavy atom. The molecule has 0 radical (unpaired) electrons. The van der Waals surface area contributed by atoms with Crippen molar-refractivity contribution in [3.05, 3.63) is 41.3 Å². The monoisotopic (exact) mass is 361 g/mol. The Bertz CT molecular complexity index is 715. The smallest absolute Gasteiger partial charge is 0.255 e. The number of hydrogen-bond donors (Lipinski definition) is 0. The topological polar surface area (TPSA) is 71.5 Å². The van der Waals surface area contributed by atoms with Gasteiger partial charge in [-0.1, -0.05) is 11.6 Å². The fourth-order valence-electron chi connectivity index (χ4n) is 2.92. The summed E-state index contributed by atoms with van der Waals surface area (Å²) in [6.07, 6.45) is 6.46. The zero-order valence-corrected chi connectivity index (χ0v) is 15.0. The molecule has 0 bridgehead atoms. The molecule has 0 aromatic carbocycles. The molecule has 1 aliphatic rings. The summed E-state index contributed by atoms with van der Waals surface area (Å²) in [5, 5.41) is 0.519. The van der Waals surface area contributed by atoms with Crippen LogP contribution >= 0.6 is 11.6 Å². The third-order valence-corrected chi connectivity index (χ3v) is 4.61. The van der Waals surface area contributed by atoms with E-state index < -0.39 is 0 Å². The summed E-state index contributed by atoms with van der Waals surface area (Å²) in [6.45, 7) is 1.38. The standard InChI is InChI=1S/C17H20ClN5O2/c1-22(17-20-10-13(18)11-21-17)14-5-7-23(8-6-14)16(24)12-3-4-15(25-2)19-9-12/h3-4,9-11,14H,5-8H2,1-2H3. The zero-order chi connectivity index (χ0) is 17.8. The van der Waals surface area contributed by atoms with Crippen LogP contribution in [0.1, 0.15) is 23.2 Å². The van der Waals surface area contributed by atoms with E-state index in [-0.39, 0.29) is 5.91 Å². The number of pyridine rings is 1. The third kappa shape index (κ3) is 3.99. The number of carbonyl (C=O) groups excluding carboxylic acids is 1. The van der Waals surface area contributed by atoms with Gasteiger partial charge in [-0.05, 0) is 18.9 Å². The summed E-state index contributed by atoms with van der Waals surface area (Å²) in [6, 6.07) is 3.73. The van der Waals surface area contributed by atoms with Crippen LogP contribution in [0.4, 0.5) is 5.95 Å². The number of rotatable bonds is 4. The second kappa shape index (κ2) is 7.65. The Labute approximate surface area is 151 Å². The van der Waals surface area contributed by atoms with Crippen LogP contribution in [0.25, 0.3) is 0 Å². The second-order valence-corrected chi connectivity index (χ2v) is 6.36. The zero-order valence-electron chi connectivity index (χ0n) is 14.2. The summed E-state index contributed by atoms with van der Waals surface area (Å²) in [7, 11) is 3.52. The molecule has 3 heterocycles. The molecule has 0 atom stereocenters. The number of nitrogens with zero attached hydrogens (tertiary/aromatic N) is 5. The first-order valence-electron chi connectivity index (χ1n) is 8.08. The normalized spacial score (nSPS) is 15.1. The largest absolute Gasteiger partial charge is 0.481 e. The predicted octanol–water partition coefficient (Wildman–Crippen LogP) is 2.27. The minimum Gasteiger partial charge on any atom is -0.481 e. The molecule has 0 saturated carbocycles. The van der Waals surface area contributed by atoms with Crippen molar-refractivity contribution in [1.29, 1.82) is 0 Å². The van der Waals surface area contributed by atoms with Crippen molar-refractivity contribution in [3.8, 4) is 5.88 Å². The van der Waals surface area contributed by atoms with E-state index in [0.29, 0.717) is 41.5 Å². The molecule has 2 aromatic heterocycles. The number of likely N-dealkylation sites (tertiary alicyclic amines) is 1. The molecule has 2 aromatic rings. The molecule has 3 rings (SSSR count). The van der Waals surface area contributed by atoms with Gasteiger partial charge in [0.05, 0.1) is 30.1 Å². The average molecular weight is 362 g/mol. The highest BCUT2D eigenvalue weighted by Gasteiger charge is 2.27. The van der Waals surface area contributed by atoms with Gasteiger partial charge in [0, 0.05) is 38.4 Å². The highest BCUT2D eigenvalue weighted by molar-refractivity contribution is 6.30. The molecular formula is C17H20ClN5O2. The number of piperidine rings is 1. The number of anilines is 1. The molecule has 1 fully saturated rings. The first kappa shape index (κ1) is 17.4. The molecule has 0 aliphatic carbocycles. The van der Waals surface area contributed by atoms with Crippen molar-refractivity contribution in [1.82, 2.24) is 19.9 Å². The first-order chi connectivity index (χ1) is 12.1. The number of carbonyl (C=O) groups is 1. The summed E-state index contributed by atoms with van der Waals surface area (Å²) >= 11 is 5.83. The second-order valence-electron chi connectivity index (χ2n) is 5.92. The van der Waals surface area contributed by atoms with Crippen molar-refractivity contribution < 1.29 is 9.53 Å². The summed E-state index contributed by atoms with van der Waals surface area (Å²) in [4.78, 5) is 29.1. The quantitative estimate of drug-likeness (QED) is 0.832. The Morgan fingerprint density at radius 2 is 1.88 bits per heavy atom. The van der Waals surface area contributed by atoms with E-state index >= 15 is 0 Å². The summed E-state index contributed by atoms with van der Waals surface area (Å²) in [5.74, 6) is 1.15. The van der Waals surface area contributed by atoms with E-state index in [2.05, 4.69) is 15.0 Å². The van der Waals surface area contributed by atoms with Crippen molar-refractivity contribution in [3.63, 3.8) is 0 Å². The Morgan fingerprint density at radius 1 is 1.20 bits per heavy atom. The van der Waals surface area contributed by atoms with Crippen molar-refractivity contribution in [2.75, 3.05) is 32.1 Å². The lowest BCUT2D eigenvalue weighted by atomic mass is 10.0. The number of hydrogen-bond acceptors (Lipinski definition) is 6. The summed E-state index contributed by atoms with van der Waals surface area (Å²) < 4.78 is 5.02. The molecule has 1 saturated heterocycles. The lowest BCUT2D eigenvalue weighted by molar-refractivity contribution is 0.0712. The fourth-order valence-corrected chi connectivity index (χ4v) is 3.01. The molecule has 8 heteroatoms. The van der Waals surface area contributed by atoms with Crippen LogP contribution in [0.5, 0.6) is 5.88 Å². The van der Waals surface area contributed by atoms with Gasteiger partial charge in [0.25, 0.3) is 5.91 Å². The maximum Gasteiger partial charge on any atom is 0.255 e. The molecular weight excluding hydrogens is 342 g/mol. The minimum atomic E-state index is -0.000927. The predicted molar refractivity (Wildman–Crippen MR) is 95.2 cm³/mol. The number of methoxy groups -OCH3 is 1. The van der Waals surface area contributed by atoms with E-state index in [0.717, 1.165) is 12.8 Å². The molecule has 1 aliphatic heterocycles. The Balaban J connectivity index is 1.59. The van der Waals surface area contributed by atoms with Crippen LogP contribution in [0, 0.1) is 0 Å². The van der Waals surface area contributed by atoms with Crippen LogP contribution in [0.15, 0.2) is 30.7 Å². The van der Waals surface area contributed by atoms with E-state index in [1.165, 1.54) is 0 Å². The average Bonchev–Trinajstić information content (AvgIpc) is 2.67. The summed E-state index contributed by atoms with van der Waals surface area (Å²) in [5.41, 5.74) is 0.577. The molecule has 0 spiro atoms. The minimum absolute atomic E-state index is 0.000927. The van der Waals surface area contributed by atoms with E-state index in [9.17, 15) is 4.79 Å². The maximum absolute atomic E-state index is 12.6. The number of amides is 1. The lowest BCUT2D eigenvalue weighted by Gasteiger charge is -2.36. The highest BCUT2D eigenvalue weighted by atomic mass is 35.5. The Hall–Kier alpha value is -2.41. The lowest BCUT2D eigenvalue weighted by Crippen LogP contribution is -2.46. The highest BCUT2D eigenvalue weighted by Crippen LogP contribution is 2.21. The van der Waals surface area contributed by atoms with Crippen molar-refractivity contribution >= 4 is 23.5 Å². The van der Waals surface area contributed by atoms with Crippen molar-refractivity contribution in [2.24, 2.45) is 0 Å². The molecule has 0 N–H and O–H groups in total. The van der Waals surface area contributed by atoms with Gasteiger partial charge in [0.2, 0.25) is 11.8 Å². The van der Waals surface area contributed by atoms with Crippen LogP contribution in [-0.4, -0.2) is 59.0 Å². The third-order valence-electron chi connectivity index (χ3n) is 4.41. The van der Waals surface area contributed by atoms with Gasteiger partial charge in [0.15, 0.2) is 0 Å². The van der Waals surface area contributed by atoms with Gasteiger partial charge in [0.1, 0.15) is 0 Å². The molecule has 132 valence electrons. The van der Waals surface area contributed by atoms with Crippen LogP contribution in [0.2, 0.25) is 5.02 Å². The van der Waals surface area contributed by atoms with E-state index in [4.69, 9.17) is 16.3 Å². The van der Waals surface area contributed by atoms with Gasteiger partial charge in [-0.15, -0.1) is 0 Å². The van der Waals surface area contributed by atoms with E-state index in [1.807, 2.05) is 16.8 Å². The van der Waals surface area contributed by atoms with Crippen LogP contribution in [0.3, 0.4) is 0 Å². The number of halogens is 1. The van der Waals surface area contributed by atoms with Crippen LogP contribution in [-0.2, 0) is 0 Å². The van der Waals surface area contributed by atoms with E-state index in [1.54, 1.807) is 37.8 Å². The van der Waals surface area contributed by atoms with Gasteiger partial charge >= 0.3 is 0 Å². The maximum atomic E-state index is 12.6. The van der Waals surface area contributed by atoms with Crippen LogP contribution < -0.4 is 9.64 Å². The van der Waals surface area contributed by atoms with Gasteiger partial charge in [-0.2, -0.15) is 0 Å². The fraction of sp³-hybridized carbons (Fsp3) is 0.412.